The van der Waals surface area contributed by atoms with Crippen molar-refractivity contribution in [3.8, 4) is 5.88 Å². The van der Waals surface area contributed by atoms with Crippen LogP contribution in [0, 0.1) is 13.8 Å². The Morgan fingerprint density at radius 3 is 2.42 bits per heavy atom. The summed E-state index contributed by atoms with van der Waals surface area (Å²) in [6.07, 6.45) is 0. The molecule has 3 aromatic rings. The normalized spacial score (nSPS) is 15.2. The molecular formula is C19H19N3OS. The van der Waals surface area contributed by atoms with Gasteiger partial charge in [-0.2, -0.15) is 16.9 Å². The summed E-state index contributed by atoms with van der Waals surface area (Å²) in [6.45, 7) is 4.09. The molecule has 4 nitrogen and oxygen atoms in total. The Morgan fingerprint density at radius 2 is 1.75 bits per heavy atom. The number of nitrogens with zero attached hydrogens (tertiary/aromatic N) is 3. The van der Waals surface area contributed by atoms with Gasteiger partial charge in [0.2, 0.25) is 5.88 Å². The fourth-order valence-corrected chi connectivity index (χ4v) is 3.93. The molecule has 1 N–H and O–H groups in total. The molecule has 1 saturated heterocycles. The zero-order valence-electron chi connectivity index (χ0n) is 13.7. The first-order valence-electron chi connectivity index (χ1n) is 8.03. The summed E-state index contributed by atoms with van der Waals surface area (Å²) >= 11 is 1.89. The molecule has 1 aromatic heterocycles. The first-order valence-corrected chi connectivity index (χ1v) is 9.18. The minimum atomic E-state index is 0.217. The summed E-state index contributed by atoms with van der Waals surface area (Å²) in [5, 5.41) is 20.4. The fourth-order valence-electron chi connectivity index (χ4n) is 3.19. The molecule has 0 radical (unpaired) electrons. The molecule has 24 heavy (non-hydrogen) atoms. The van der Waals surface area contributed by atoms with Crippen LogP contribution in [-0.4, -0.2) is 21.2 Å². The zero-order valence-corrected chi connectivity index (χ0v) is 14.5. The third-order valence-electron chi connectivity index (χ3n) is 4.32. The van der Waals surface area contributed by atoms with Gasteiger partial charge in [0.25, 0.3) is 0 Å². The number of aromatic nitrogens is 1. The third-order valence-corrected chi connectivity index (χ3v) is 5.56. The molecule has 122 valence electrons. The number of aryl methyl sites for hydroxylation is 2. The van der Waals surface area contributed by atoms with E-state index >= 15 is 0 Å². The Bertz CT molecular complexity index is 921. The highest BCUT2D eigenvalue weighted by molar-refractivity contribution is 8.00. The van der Waals surface area contributed by atoms with Crippen LogP contribution in [-0.2, 0) is 0 Å². The quantitative estimate of drug-likeness (QED) is 0.626. The summed E-state index contributed by atoms with van der Waals surface area (Å²) in [5.41, 5.74) is 4.70. The van der Waals surface area contributed by atoms with Crippen molar-refractivity contribution < 1.29 is 5.11 Å². The first kappa shape index (κ1) is 15.3. The zero-order chi connectivity index (χ0) is 16.7. The molecule has 1 aliphatic heterocycles. The molecule has 2 heterocycles. The number of rotatable bonds is 3. The highest BCUT2D eigenvalue weighted by Gasteiger charge is 2.27. The fraction of sp³-hybridized carbons (Fsp3) is 0.263. The topological polar surface area (TPSA) is 49.9 Å². The van der Waals surface area contributed by atoms with E-state index < -0.39 is 0 Å². The number of hydrogen-bond acceptors (Lipinski definition) is 4. The van der Waals surface area contributed by atoms with Crippen LogP contribution in [0.1, 0.15) is 17.2 Å². The van der Waals surface area contributed by atoms with Gasteiger partial charge in [-0.1, -0.05) is 24.3 Å². The number of aromatic hydroxyl groups is 1. The molecule has 4 rings (SSSR count). The SMILES string of the molecule is Cc1cc(C)cc(N=Nc2c(O)n(C3CSC3)c3ccccc23)c1. The average Bonchev–Trinajstić information content (AvgIpc) is 2.76. The lowest BCUT2D eigenvalue weighted by atomic mass is 10.1. The van der Waals surface area contributed by atoms with Gasteiger partial charge in [0.05, 0.1) is 17.2 Å². The maximum absolute atomic E-state index is 10.7. The molecule has 1 aliphatic rings. The van der Waals surface area contributed by atoms with E-state index in [1.54, 1.807) is 0 Å². The van der Waals surface area contributed by atoms with Crippen LogP contribution < -0.4 is 0 Å². The van der Waals surface area contributed by atoms with E-state index in [4.69, 9.17) is 0 Å². The Balaban J connectivity index is 1.81. The summed E-state index contributed by atoms with van der Waals surface area (Å²) in [5.74, 6) is 2.27. The Hall–Kier alpha value is -2.27. The van der Waals surface area contributed by atoms with Crippen molar-refractivity contribution in [3.63, 3.8) is 0 Å². The molecule has 2 aromatic carbocycles. The second-order valence-corrected chi connectivity index (χ2v) is 7.37. The predicted octanol–water partition coefficient (Wildman–Crippen LogP) is 5.67. The van der Waals surface area contributed by atoms with Gasteiger partial charge in [-0.3, -0.25) is 0 Å². The number of benzene rings is 2. The minimum Gasteiger partial charge on any atom is -0.493 e. The van der Waals surface area contributed by atoms with E-state index in [0.717, 1.165) is 39.2 Å². The van der Waals surface area contributed by atoms with Crippen molar-refractivity contribution >= 4 is 34.0 Å². The van der Waals surface area contributed by atoms with Crippen LogP contribution in [0.2, 0.25) is 0 Å². The lowest BCUT2D eigenvalue weighted by Gasteiger charge is -2.27. The van der Waals surface area contributed by atoms with E-state index in [0.29, 0.717) is 11.7 Å². The van der Waals surface area contributed by atoms with E-state index in [1.807, 2.05) is 66.6 Å². The predicted molar refractivity (Wildman–Crippen MR) is 100 cm³/mol. The van der Waals surface area contributed by atoms with E-state index in [-0.39, 0.29) is 5.88 Å². The Morgan fingerprint density at radius 1 is 1.04 bits per heavy atom. The van der Waals surface area contributed by atoms with Gasteiger partial charge in [0.1, 0.15) is 0 Å². The highest BCUT2D eigenvalue weighted by atomic mass is 32.2. The number of azo groups is 1. The van der Waals surface area contributed by atoms with Crippen molar-refractivity contribution in [3.05, 3.63) is 53.6 Å². The molecule has 0 unspecified atom stereocenters. The van der Waals surface area contributed by atoms with Crippen LogP contribution >= 0.6 is 11.8 Å². The third kappa shape index (κ3) is 2.59. The standard InChI is InChI=1S/C19H19N3OS/c1-12-7-13(2)9-14(8-12)20-21-18-16-5-3-4-6-17(16)22(19(18)23)15-10-24-11-15/h3-9,15,23H,10-11H2,1-2H3. The van der Waals surface area contributed by atoms with Crippen molar-refractivity contribution in [1.82, 2.24) is 4.57 Å². The number of fused-ring (bicyclic) bond motifs is 1. The van der Waals surface area contributed by atoms with Gasteiger partial charge in [-0.25, -0.2) is 0 Å². The molecule has 1 fully saturated rings. The van der Waals surface area contributed by atoms with Gasteiger partial charge in [0, 0.05) is 16.9 Å². The molecule has 0 spiro atoms. The summed E-state index contributed by atoms with van der Waals surface area (Å²) in [7, 11) is 0. The molecule has 0 aliphatic carbocycles. The van der Waals surface area contributed by atoms with E-state index in [1.165, 1.54) is 0 Å². The average molecular weight is 337 g/mol. The second kappa shape index (κ2) is 5.98. The van der Waals surface area contributed by atoms with Crippen LogP contribution in [0.5, 0.6) is 5.88 Å². The Kier molecular flexibility index (Phi) is 3.81. The number of hydrogen-bond donors (Lipinski definition) is 1. The monoisotopic (exact) mass is 337 g/mol. The molecular weight excluding hydrogens is 318 g/mol. The molecule has 0 amide bonds. The molecule has 5 heteroatoms. The van der Waals surface area contributed by atoms with Crippen molar-refractivity contribution in [2.75, 3.05) is 11.5 Å². The minimum absolute atomic E-state index is 0.217. The van der Waals surface area contributed by atoms with Gasteiger partial charge in [0.15, 0.2) is 5.69 Å². The van der Waals surface area contributed by atoms with Crippen LogP contribution in [0.15, 0.2) is 52.7 Å². The van der Waals surface area contributed by atoms with Crippen molar-refractivity contribution in [1.29, 1.82) is 0 Å². The number of thioether (sulfide) groups is 1. The summed E-state index contributed by atoms with van der Waals surface area (Å²) in [4.78, 5) is 0. The Labute approximate surface area is 145 Å². The largest absolute Gasteiger partial charge is 0.493 e. The smallest absolute Gasteiger partial charge is 0.221 e. The van der Waals surface area contributed by atoms with Gasteiger partial charge in [-0.05, 0) is 43.2 Å². The molecule has 0 atom stereocenters. The van der Waals surface area contributed by atoms with Crippen LogP contribution in [0.4, 0.5) is 11.4 Å². The van der Waals surface area contributed by atoms with E-state index in [2.05, 4.69) is 16.3 Å². The first-order chi connectivity index (χ1) is 11.6. The lowest BCUT2D eigenvalue weighted by Crippen LogP contribution is -2.22. The molecule has 0 saturated carbocycles. The maximum Gasteiger partial charge on any atom is 0.221 e. The maximum atomic E-state index is 10.7. The highest BCUT2D eigenvalue weighted by Crippen LogP contribution is 2.44. The summed E-state index contributed by atoms with van der Waals surface area (Å²) in [6, 6.07) is 14.4. The van der Waals surface area contributed by atoms with E-state index in [9.17, 15) is 5.11 Å². The van der Waals surface area contributed by atoms with Crippen molar-refractivity contribution in [2.24, 2.45) is 10.2 Å². The molecule has 0 bridgehead atoms. The lowest BCUT2D eigenvalue weighted by molar-refractivity contribution is 0.406. The van der Waals surface area contributed by atoms with Crippen LogP contribution in [0.3, 0.4) is 0 Å². The van der Waals surface area contributed by atoms with Crippen LogP contribution in [0.25, 0.3) is 10.9 Å². The van der Waals surface area contributed by atoms with Gasteiger partial charge >= 0.3 is 0 Å². The number of para-hydroxylation sites is 1. The van der Waals surface area contributed by atoms with Crippen molar-refractivity contribution in [2.45, 2.75) is 19.9 Å². The second-order valence-electron chi connectivity index (χ2n) is 6.30. The van der Waals surface area contributed by atoms with Gasteiger partial charge in [-0.15, -0.1) is 5.11 Å². The summed E-state index contributed by atoms with van der Waals surface area (Å²) < 4.78 is 2.00. The van der Waals surface area contributed by atoms with Gasteiger partial charge < -0.3 is 9.67 Å².